The third kappa shape index (κ3) is 13.3. The number of carbonyl (C=O) groups is 2. The van der Waals surface area contributed by atoms with Gasteiger partial charge in [0.15, 0.2) is 0 Å². The summed E-state index contributed by atoms with van der Waals surface area (Å²) in [6.07, 6.45) is 0.676. The minimum Gasteiger partial charge on any atom is -0.497 e. The molecule has 2 amide bonds. The number of piperidine rings is 1. The number of amides is 2. The van der Waals surface area contributed by atoms with Gasteiger partial charge in [0.1, 0.15) is 22.8 Å². The lowest BCUT2D eigenvalue weighted by Crippen LogP contribution is -2.62. The summed E-state index contributed by atoms with van der Waals surface area (Å²) in [6.45, 7) is 15.0. The van der Waals surface area contributed by atoms with E-state index in [1.807, 2.05) is 130 Å². The van der Waals surface area contributed by atoms with Crippen LogP contribution in [0.3, 0.4) is 0 Å². The van der Waals surface area contributed by atoms with E-state index in [-0.39, 0.29) is 53.6 Å². The Hall–Kier alpha value is -7.02. The number of hydrogen-bond donors (Lipinski definition) is 2. The van der Waals surface area contributed by atoms with Gasteiger partial charge in [-0.15, -0.1) is 10.2 Å². The van der Waals surface area contributed by atoms with Crippen LogP contribution in [0.15, 0.2) is 114 Å². The zero-order valence-corrected chi connectivity index (χ0v) is 46.0. The van der Waals surface area contributed by atoms with E-state index >= 15 is 8.42 Å². The fraction of sp³-hybridized carbons (Fsp3) is 0.431. The summed E-state index contributed by atoms with van der Waals surface area (Å²) >= 11 is 0. The summed E-state index contributed by atoms with van der Waals surface area (Å²) in [6, 6.07) is 34.1. The van der Waals surface area contributed by atoms with Crippen LogP contribution in [-0.2, 0) is 40.8 Å². The number of hydrogen-bond acceptors (Lipinski definition) is 12. The van der Waals surface area contributed by atoms with Gasteiger partial charge in [0.2, 0.25) is 15.8 Å². The first-order valence-corrected chi connectivity index (χ1v) is 27.3. The second-order valence-corrected chi connectivity index (χ2v) is 23.7. The van der Waals surface area contributed by atoms with Crippen LogP contribution in [0.2, 0.25) is 0 Å². The van der Waals surface area contributed by atoms with Gasteiger partial charge in [-0.25, -0.2) is 18.0 Å². The molecule has 3 heterocycles. The highest BCUT2D eigenvalue weighted by molar-refractivity contribution is 7.89. The molecular formula is C58H72N8O9S. The second kappa shape index (κ2) is 23.5. The van der Waals surface area contributed by atoms with Crippen LogP contribution in [0.25, 0.3) is 22.5 Å². The molecular weight excluding hydrogens is 985 g/mol. The number of alkyl carbamates (subject to hydrolysis) is 1. The number of nitrogens with zero attached hydrogens (tertiary/aromatic N) is 7. The van der Waals surface area contributed by atoms with E-state index in [0.717, 1.165) is 53.7 Å². The fourth-order valence-electron chi connectivity index (χ4n) is 10.4. The summed E-state index contributed by atoms with van der Waals surface area (Å²) in [5, 5.41) is 27.1. The Balaban J connectivity index is 1.24. The molecule has 0 aliphatic carbocycles. The van der Waals surface area contributed by atoms with E-state index in [4.69, 9.17) is 29.1 Å². The minimum atomic E-state index is -4.46. The zero-order chi connectivity index (χ0) is 54.4. The zero-order valence-electron chi connectivity index (χ0n) is 45.2. The highest BCUT2D eigenvalue weighted by Crippen LogP contribution is 2.46. The van der Waals surface area contributed by atoms with Crippen molar-refractivity contribution in [1.82, 2.24) is 39.6 Å². The largest absolute Gasteiger partial charge is 0.497 e. The lowest BCUT2D eigenvalue weighted by molar-refractivity contribution is -0.00161. The number of ether oxygens (including phenoxy) is 4. The van der Waals surface area contributed by atoms with Crippen LogP contribution in [0, 0.1) is 11.3 Å². The molecule has 2 fully saturated rings. The number of methoxy groups -OCH3 is 3. The molecule has 1 aromatic heterocycles. The van der Waals surface area contributed by atoms with Gasteiger partial charge in [-0.1, -0.05) is 93.6 Å². The van der Waals surface area contributed by atoms with Gasteiger partial charge in [-0.05, 0) is 145 Å². The summed E-state index contributed by atoms with van der Waals surface area (Å²) in [7, 11) is 0.341. The van der Waals surface area contributed by atoms with E-state index in [9.17, 15) is 14.7 Å². The summed E-state index contributed by atoms with van der Waals surface area (Å²) in [5.74, 6) is 2.25. The normalized spacial score (nSPS) is 16.5. The first-order chi connectivity index (χ1) is 36.2. The average molecular weight is 1060 g/mol. The highest BCUT2D eigenvalue weighted by Gasteiger charge is 2.49. The molecule has 2 N–H and O–H groups in total. The maximum atomic E-state index is 16.4. The number of tetrazole rings is 1. The van der Waals surface area contributed by atoms with Crippen LogP contribution < -0.4 is 19.5 Å². The fourth-order valence-corrected chi connectivity index (χ4v) is 12.2. The minimum absolute atomic E-state index is 0.0282. The Morgan fingerprint density at radius 2 is 1.30 bits per heavy atom. The SMILES string of the molecule is COc1ccc(CN(Cc2ccc(OC)cc2)S(=O)(=O)c2c(CC3CCN(CCNC(=O)OC(C)(C)C)CC3)ccc(-c3ccc(C4CN(C(=O)O)C4C(C)(C)C)cc3)c2-c2nnn(Cc3ccc(OC)cc3)n2)cc1. The Morgan fingerprint density at radius 1 is 0.750 bits per heavy atom. The standard InChI is InChI=1S/C58H72N8O9S/c1-57(2,3)53-50(38-65(53)56(68)69)44-18-16-43(17-19-44)49-27-20-45(34-39-28-31-63(32-29-39)33-30-59-55(67)75-58(4,5)6)52(51(49)54-60-62-66(61-54)37-42-14-25-48(74-9)26-15-42)76(70,71)64(35-40-10-21-46(72-7)22-11-40)36-41-12-23-47(73-8)24-13-41/h10-27,39,50,53H,28-38H2,1-9H3,(H,59,67)(H,68,69). The lowest BCUT2D eigenvalue weighted by Gasteiger charge is -2.53. The molecule has 2 unspecified atom stereocenters. The van der Waals surface area contributed by atoms with Crippen molar-refractivity contribution in [1.29, 1.82) is 0 Å². The Kier molecular flexibility index (Phi) is 17.1. The van der Waals surface area contributed by atoms with Crippen molar-refractivity contribution < 1.29 is 42.1 Å². The number of aromatic nitrogens is 4. The van der Waals surface area contributed by atoms with Gasteiger partial charge in [0.05, 0.1) is 38.3 Å². The van der Waals surface area contributed by atoms with E-state index in [1.165, 1.54) is 14.0 Å². The summed E-state index contributed by atoms with van der Waals surface area (Å²) < 4.78 is 56.1. The molecule has 8 rings (SSSR count). The molecule has 2 aliphatic heterocycles. The quantitative estimate of drug-likeness (QED) is 0.0780. The van der Waals surface area contributed by atoms with Gasteiger partial charge >= 0.3 is 12.2 Å². The number of rotatable bonds is 19. The third-order valence-corrected chi connectivity index (χ3v) is 16.2. The molecule has 17 nitrogen and oxygen atoms in total. The number of sulfonamides is 1. The first-order valence-electron chi connectivity index (χ1n) is 25.8. The van der Waals surface area contributed by atoms with Crippen molar-refractivity contribution in [3.8, 4) is 39.8 Å². The van der Waals surface area contributed by atoms with Gasteiger partial charge in [-0.2, -0.15) is 9.10 Å². The number of benzene rings is 5. The molecule has 0 bridgehead atoms. The lowest BCUT2D eigenvalue weighted by atomic mass is 9.69. The number of carbonyl (C=O) groups excluding carboxylic acids is 1. The molecule has 2 aliphatic rings. The predicted octanol–water partition coefficient (Wildman–Crippen LogP) is 9.74. The van der Waals surface area contributed by atoms with Gasteiger partial charge in [0.25, 0.3) is 0 Å². The van der Waals surface area contributed by atoms with E-state index in [2.05, 4.69) is 36.2 Å². The Bertz CT molecular complexity index is 2990. The highest BCUT2D eigenvalue weighted by atomic mass is 32.2. The van der Waals surface area contributed by atoms with Crippen LogP contribution in [0.1, 0.15) is 88.1 Å². The summed E-state index contributed by atoms with van der Waals surface area (Å²) in [4.78, 5) is 30.1. The molecule has 5 aromatic carbocycles. The number of nitrogens with one attached hydrogen (secondary N) is 1. The third-order valence-electron chi connectivity index (χ3n) is 14.2. The maximum absolute atomic E-state index is 16.4. The molecule has 0 spiro atoms. The van der Waals surface area contributed by atoms with Crippen molar-refractivity contribution in [2.24, 2.45) is 11.3 Å². The van der Waals surface area contributed by atoms with Crippen LogP contribution >= 0.6 is 0 Å². The van der Waals surface area contributed by atoms with Crippen LogP contribution in [-0.4, -0.2) is 126 Å². The van der Waals surface area contributed by atoms with Gasteiger partial charge in [0, 0.05) is 44.7 Å². The number of carboxylic acid groups (broad SMARTS) is 1. The molecule has 2 saturated heterocycles. The van der Waals surface area contributed by atoms with Gasteiger partial charge in [-0.3, -0.25) is 0 Å². The van der Waals surface area contributed by atoms with Crippen LogP contribution in [0.4, 0.5) is 9.59 Å². The molecule has 76 heavy (non-hydrogen) atoms. The van der Waals surface area contributed by atoms with Crippen molar-refractivity contribution >= 4 is 22.2 Å². The molecule has 18 heteroatoms. The van der Waals surface area contributed by atoms with Crippen molar-refractivity contribution in [2.75, 3.05) is 54.1 Å². The van der Waals surface area contributed by atoms with Crippen molar-refractivity contribution in [2.45, 2.75) is 103 Å². The Labute approximate surface area is 447 Å². The van der Waals surface area contributed by atoms with E-state index < -0.39 is 27.8 Å². The van der Waals surface area contributed by atoms with Crippen molar-refractivity contribution in [3.63, 3.8) is 0 Å². The second-order valence-electron chi connectivity index (χ2n) is 21.8. The topological polar surface area (TPSA) is 191 Å². The van der Waals surface area contributed by atoms with E-state index in [0.29, 0.717) is 60.0 Å². The molecule has 2 atom stereocenters. The smallest absolute Gasteiger partial charge is 0.407 e. The first kappa shape index (κ1) is 55.2. The number of likely N-dealkylation sites (tertiary alicyclic amines) is 2. The molecule has 404 valence electrons. The monoisotopic (exact) mass is 1060 g/mol. The van der Waals surface area contributed by atoms with Crippen molar-refractivity contribution in [3.05, 3.63) is 137 Å². The van der Waals surface area contributed by atoms with E-state index in [1.54, 1.807) is 21.3 Å². The van der Waals surface area contributed by atoms with Crippen LogP contribution in [0.5, 0.6) is 17.2 Å². The summed E-state index contributed by atoms with van der Waals surface area (Å²) in [5.41, 5.74) is 4.81. The average Bonchev–Trinajstić information content (AvgIpc) is 3.84. The Morgan fingerprint density at radius 3 is 1.82 bits per heavy atom. The predicted molar refractivity (Wildman–Crippen MR) is 291 cm³/mol. The molecule has 0 saturated carbocycles. The molecule has 6 aromatic rings. The van der Waals surface area contributed by atoms with Gasteiger partial charge < -0.3 is 39.2 Å². The molecule has 0 radical (unpaired) electrons. The maximum Gasteiger partial charge on any atom is 0.407 e.